The molecule has 178 valence electrons. The summed E-state index contributed by atoms with van der Waals surface area (Å²) in [7, 11) is -3.62. The zero-order valence-corrected chi connectivity index (χ0v) is 19.8. The molecule has 4 rings (SSSR count). The number of fused-ring (bicyclic) bond motifs is 1. The van der Waals surface area contributed by atoms with Gasteiger partial charge in [-0.2, -0.15) is 4.31 Å². The Kier molecular flexibility index (Phi) is 7.52. The third kappa shape index (κ3) is 5.66. The molecule has 2 aromatic carbocycles. The zero-order valence-electron chi connectivity index (χ0n) is 19.0. The molecule has 2 heterocycles. The lowest BCUT2D eigenvalue weighted by Crippen LogP contribution is -2.36. The molecule has 2 aliphatic rings. The van der Waals surface area contributed by atoms with Gasteiger partial charge in [-0.25, -0.2) is 8.42 Å². The van der Waals surface area contributed by atoms with Crippen LogP contribution in [0.5, 0.6) is 11.5 Å². The molecular formula is C24H31N3O5S. The fourth-order valence-electron chi connectivity index (χ4n) is 4.21. The summed E-state index contributed by atoms with van der Waals surface area (Å²) in [5.74, 6) is 1.06. The van der Waals surface area contributed by atoms with E-state index in [4.69, 9.17) is 9.47 Å². The number of piperidine rings is 1. The Balaban J connectivity index is 1.50. The standard InChI is InChI=1S/C24H31N3O5S/c1-2-31-23-11-10-20(33(29,30)27-12-6-3-7-13-27)16-21(23)25-24(28)18-26-14-15-32-22-9-5-4-8-19(22)17-26/h4-5,8-11,16H,2-3,6-7,12-15,17-18H2,1H3,(H,25,28). The second-order valence-corrected chi connectivity index (χ2v) is 10.2. The Morgan fingerprint density at radius 3 is 2.67 bits per heavy atom. The fourth-order valence-corrected chi connectivity index (χ4v) is 5.75. The molecule has 1 fully saturated rings. The van der Waals surface area contributed by atoms with Gasteiger partial charge in [0, 0.05) is 31.7 Å². The molecule has 0 unspecified atom stereocenters. The Morgan fingerprint density at radius 1 is 1.09 bits per heavy atom. The summed E-state index contributed by atoms with van der Waals surface area (Å²) in [4.78, 5) is 15.1. The molecule has 0 saturated carbocycles. The summed E-state index contributed by atoms with van der Waals surface area (Å²) in [6.45, 7) is 5.17. The molecule has 2 aliphatic heterocycles. The van der Waals surface area contributed by atoms with Crippen LogP contribution < -0.4 is 14.8 Å². The second-order valence-electron chi connectivity index (χ2n) is 8.27. The van der Waals surface area contributed by atoms with Gasteiger partial charge < -0.3 is 14.8 Å². The SMILES string of the molecule is CCOc1ccc(S(=O)(=O)N2CCCCC2)cc1NC(=O)CN1CCOc2ccccc2C1. The van der Waals surface area contributed by atoms with Crippen molar-refractivity contribution in [1.29, 1.82) is 0 Å². The molecule has 8 nitrogen and oxygen atoms in total. The summed E-state index contributed by atoms with van der Waals surface area (Å²) >= 11 is 0. The van der Waals surface area contributed by atoms with Crippen molar-refractivity contribution in [3.8, 4) is 11.5 Å². The first-order valence-electron chi connectivity index (χ1n) is 11.5. The van der Waals surface area contributed by atoms with Crippen molar-refractivity contribution >= 4 is 21.6 Å². The van der Waals surface area contributed by atoms with Gasteiger partial charge in [-0.1, -0.05) is 24.6 Å². The highest BCUT2D eigenvalue weighted by Crippen LogP contribution is 2.30. The molecular weight excluding hydrogens is 442 g/mol. The van der Waals surface area contributed by atoms with Crippen LogP contribution in [0.1, 0.15) is 31.7 Å². The van der Waals surface area contributed by atoms with Crippen molar-refractivity contribution in [3.05, 3.63) is 48.0 Å². The minimum absolute atomic E-state index is 0.159. The maximum atomic E-state index is 13.1. The number of nitrogens with one attached hydrogen (secondary N) is 1. The Hall–Kier alpha value is -2.62. The number of hydrogen-bond donors (Lipinski definition) is 1. The fraction of sp³-hybridized carbons (Fsp3) is 0.458. The van der Waals surface area contributed by atoms with Gasteiger partial charge in [-0.15, -0.1) is 0 Å². The molecule has 9 heteroatoms. The van der Waals surface area contributed by atoms with Gasteiger partial charge in [0.05, 0.1) is 23.7 Å². The van der Waals surface area contributed by atoms with Gasteiger partial charge in [-0.3, -0.25) is 9.69 Å². The van der Waals surface area contributed by atoms with E-state index in [9.17, 15) is 13.2 Å². The number of nitrogens with zero attached hydrogens (tertiary/aromatic N) is 2. The van der Waals surface area contributed by atoms with Gasteiger partial charge in [0.15, 0.2) is 0 Å². The number of amides is 1. The average molecular weight is 474 g/mol. The van der Waals surface area contributed by atoms with E-state index in [1.807, 2.05) is 36.1 Å². The van der Waals surface area contributed by atoms with E-state index in [1.165, 1.54) is 10.4 Å². The van der Waals surface area contributed by atoms with Crippen molar-refractivity contribution in [1.82, 2.24) is 9.21 Å². The normalized spacial score (nSPS) is 17.5. The van der Waals surface area contributed by atoms with Gasteiger partial charge in [0.2, 0.25) is 15.9 Å². The molecule has 33 heavy (non-hydrogen) atoms. The van der Waals surface area contributed by atoms with Crippen LogP contribution in [0.4, 0.5) is 5.69 Å². The number of ether oxygens (including phenoxy) is 2. The number of sulfonamides is 1. The Morgan fingerprint density at radius 2 is 1.88 bits per heavy atom. The Bertz CT molecular complexity index is 1080. The van der Waals surface area contributed by atoms with Crippen LogP contribution in [0.3, 0.4) is 0 Å². The number of hydrogen-bond acceptors (Lipinski definition) is 6. The molecule has 0 aliphatic carbocycles. The van der Waals surface area contributed by atoms with Gasteiger partial charge in [0.25, 0.3) is 0 Å². The predicted molar refractivity (Wildman–Crippen MR) is 126 cm³/mol. The molecule has 0 atom stereocenters. The average Bonchev–Trinajstić information content (AvgIpc) is 3.02. The highest BCUT2D eigenvalue weighted by molar-refractivity contribution is 7.89. The monoisotopic (exact) mass is 473 g/mol. The largest absolute Gasteiger partial charge is 0.492 e. The van der Waals surface area contributed by atoms with Crippen LogP contribution in [0.15, 0.2) is 47.4 Å². The maximum Gasteiger partial charge on any atom is 0.243 e. The van der Waals surface area contributed by atoms with Gasteiger partial charge >= 0.3 is 0 Å². The van der Waals surface area contributed by atoms with Crippen LogP contribution in [-0.2, 0) is 21.4 Å². The van der Waals surface area contributed by atoms with E-state index in [-0.39, 0.29) is 17.3 Å². The number of anilines is 1. The van der Waals surface area contributed by atoms with Crippen LogP contribution in [0, 0.1) is 0 Å². The lowest BCUT2D eigenvalue weighted by atomic mass is 10.2. The molecule has 0 radical (unpaired) electrons. The topological polar surface area (TPSA) is 88.2 Å². The van der Waals surface area contributed by atoms with Crippen LogP contribution in [0.25, 0.3) is 0 Å². The molecule has 0 bridgehead atoms. The molecule has 0 aromatic heterocycles. The molecule has 1 saturated heterocycles. The van der Waals surface area contributed by atoms with Crippen molar-refractivity contribution in [2.45, 2.75) is 37.6 Å². The zero-order chi connectivity index (χ0) is 23.3. The van der Waals surface area contributed by atoms with Crippen LogP contribution >= 0.6 is 0 Å². The van der Waals surface area contributed by atoms with Crippen molar-refractivity contribution in [2.24, 2.45) is 0 Å². The van der Waals surface area contributed by atoms with Crippen LogP contribution in [0.2, 0.25) is 0 Å². The first-order chi connectivity index (χ1) is 16.0. The van der Waals surface area contributed by atoms with Crippen molar-refractivity contribution < 1.29 is 22.7 Å². The highest BCUT2D eigenvalue weighted by atomic mass is 32.2. The first kappa shape index (κ1) is 23.5. The highest BCUT2D eigenvalue weighted by Gasteiger charge is 2.27. The number of benzene rings is 2. The molecule has 2 aromatic rings. The summed E-state index contributed by atoms with van der Waals surface area (Å²) < 4.78 is 39.2. The van der Waals surface area contributed by atoms with Gasteiger partial charge in [-0.05, 0) is 44.0 Å². The van der Waals surface area contributed by atoms with Crippen molar-refractivity contribution in [3.63, 3.8) is 0 Å². The maximum absolute atomic E-state index is 13.1. The van der Waals surface area contributed by atoms with E-state index in [0.29, 0.717) is 50.8 Å². The van der Waals surface area contributed by atoms with Crippen LogP contribution in [-0.4, -0.2) is 62.9 Å². The third-order valence-electron chi connectivity index (χ3n) is 5.88. The number of carbonyl (C=O) groups excluding carboxylic acids is 1. The number of para-hydroxylation sites is 1. The number of carbonyl (C=O) groups is 1. The van der Waals surface area contributed by atoms with E-state index >= 15 is 0 Å². The van der Waals surface area contributed by atoms with E-state index in [2.05, 4.69) is 5.32 Å². The lowest BCUT2D eigenvalue weighted by Gasteiger charge is -2.26. The van der Waals surface area contributed by atoms with E-state index in [0.717, 1.165) is 30.6 Å². The minimum Gasteiger partial charge on any atom is -0.492 e. The first-order valence-corrected chi connectivity index (χ1v) is 12.9. The van der Waals surface area contributed by atoms with E-state index < -0.39 is 10.0 Å². The summed E-state index contributed by atoms with van der Waals surface area (Å²) in [5.41, 5.74) is 1.40. The number of rotatable bonds is 7. The third-order valence-corrected chi connectivity index (χ3v) is 7.77. The van der Waals surface area contributed by atoms with Crippen molar-refractivity contribution in [2.75, 3.05) is 44.7 Å². The molecule has 1 amide bonds. The lowest BCUT2D eigenvalue weighted by molar-refractivity contribution is -0.117. The second kappa shape index (κ2) is 10.5. The molecule has 1 N–H and O–H groups in total. The summed E-state index contributed by atoms with van der Waals surface area (Å²) in [6, 6.07) is 12.5. The molecule has 0 spiro atoms. The summed E-state index contributed by atoms with van der Waals surface area (Å²) in [6.07, 6.45) is 2.77. The van der Waals surface area contributed by atoms with E-state index in [1.54, 1.807) is 12.1 Å². The predicted octanol–water partition coefficient (Wildman–Crippen LogP) is 3.09. The minimum atomic E-state index is -3.62. The quantitative estimate of drug-likeness (QED) is 0.665. The smallest absolute Gasteiger partial charge is 0.243 e. The Labute approximate surface area is 195 Å². The summed E-state index contributed by atoms with van der Waals surface area (Å²) in [5, 5.41) is 2.87. The van der Waals surface area contributed by atoms with Gasteiger partial charge in [0.1, 0.15) is 18.1 Å².